The third-order valence-corrected chi connectivity index (χ3v) is 5.31. The number of aliphatic hydroxyl groups is 1. The second-order valence-corrected chi connectivity index (χ2v) is 7.24. The number of hydrogen-bond donors (Lipinski definition) is 2. The maximum atomic E-state index is 12.8. The fourth-order valence-electron chi connectivity index (χ4n) is 2.93. The number of amides is 1. The summed E-state index contributed by atoms with van der Waals surface area (Å²) in [6.45, 7) is 0.254. The normalized spacial score (nSPS) is 19.6. The van der Waals surface area contributed by atoms with Crippen LogP contribution in [0.25, 0.3) is 0 Å². The molecular weight excluding hydrogens is 325 g/mol. The Bertz CT molecular complexity index is 720. The van der Waals surface area contributed by atoms with Crippen molar-refractivity contribution < 1.29 is 14.3 Å². The van der Waals surface area contributed by atoms with Crippen LogP contribution in [0.15, 0.2) is 53.4 Å². The van der Waals surface area contributed by atoms with E-state index in [0.29, 0.717) is 12.8 Å². The molecule has 1 amide bonds. The number of halogens is 1. The molecule has 0 saturated heterocycles. The number of rotatable bonds is 5. The lowest BCUT2D eigenvalue weighted by Gasteiger charge is -2.33. The van der Waals surface area contributed by atoms with Gasteiger partial charge in [0.05, 0.1) is 11.4 Å². The van der Waals surface area contributed by atoms with Crippen molar-refractivity contribution in [2.45, 2.75) is 29.8 Å². The van der Waals surface area contributed by atoms with Crippen molar-refractivity contribution in [3.05, 3.63) is 65.5 Å². The van der Waals surface area contributed by atoms with E-state index in [0.717, 1.165) is 16.9 Å². The highest BCUT2D eigenvalue weighted by atomic mass is 32.2. The van der Waals surface area contributed by atoms with E-state index in [1.54, 1.807) is 12.1 Å². The van der Waals surface area contributed by atoms with E-state index in [1.165, 1.54) is 29.5 Å². The van der Waals surface area contributed by atoms with Crippen molar-refractivity contribution in [2.24, 2.45) is 0 Å². The Balaban J connectivity index is 1.48. The van der Waals surface area contributed by atoms with Crippen LogP contribution in [0.4, 0.5) is 4.39 Å². The van der Waals surface area contributed by atoms with Gasteiger partial charge >= 0.3 is 0 Å². The third-order valence-electron chi connectivity index (χ3n) is 4.30. The lowest BCUT2D eigenvalue weighted by molar-refractivity contribution is -0.119. The van der Waals surface area contributed by atoms with Gasteiger partial charge in [0.2, 0.25) is 5.91 Å². The van der Waals surface area contributed by atoms with Crippen LogP contribution in [0.3, 0.4) is 0 Å². The average molecular weight is 345 g/mol. The SMILES string of the molecule is O=C(CSc1ccc(F)cc1)NC[C@]1(O)CCc2ccccc2C1. The number of thioether (sulfide) groups is 1. The first-order chi connectivity index (χ1) is 11.5. The summed E-state index contributed by atoms with van der Waals surface area (Å²) in [6, 6.07) is 14.2. The number of carbonyl (C=O) groups is 1. The summed E-state index contributed by atoms with van der Waals surface area (Å²) in [5.74, 6) is -0.168. The largest absolute Gasteiger partial charge is 0.388 e. The quantitative estimate of drug-likeness (QED) is 0.819. The van der Waals surface area contributed by atoms with Crippen LogP contribution in [0.1, 0.15) is 17.5 Å². The second kappa shape index (κ2) is 7.36. The number of nitrogens with one attached hydrogen (secondary N) is 1. The lowest BCUT2D eigenvalue weighted by atomic mass is 9.80. The van der Waals surface area contributed by atoms with Gasteiger partial charge in [-0.05, 0) is 48.2 Å². The predicted molar refractivity (Wildman–Crippen MR) is 93.6 cm³/mol. The maximum Gasteiger partial charge on any atom is 0.230 e. The first kappa shape index (κ1) is 17.0. The van der Waals surface area contributed by atoms with Crippen molar-refractivity contribution >= 4 is 17.7 Å². The topological polar surface area (TPSA) is 49.3 Å². The molecule has 0 unspecified atom stereocenters. The minimum Gasteiger partial charge on any atom is -0.388 e. The molecule has 0 heterocycles. The van der Waals surface area contributed by atoms with Gasteiger partial charge in [0.25, 0.3) is 0 Å². The van der Waals surface area contributed by atoms with Crippen molar-refractivity contribution in [3.63, 3.8) is 0 Å². The highest BCUT2D eigenvalue weighted by Crippen LogP contribution is 2.28. The number of benzene rings is 2. The Morgan fingerprint density at radius 1 is 1.17 bits per heavy atom. The van der Waals surface area contributed by atoms with Crippen molar-refractivity contribution in [3.8, 4) is 0 Å². The van der Waals surface area contributed by atoms with E-state index < -0.39 is 5.60 Å². The summed E-state index contributed by atoms with van der Waals surface area (Å²) in [4.78, 5) is 12.8. The van der Waals surface area contributed by atoms with E-state index in [1.807, 2.05) is 18.2 Å². The molecule has 0 aliphatic heterocycles. The van der Waals surface area contributed by atoms with E-state index in [9.17, 15) is 14.3 Å². The molecule has 2 N–H and O–H groups in total. The Hall–Kier alpha value is -1.85. The minimum atomic E-state index is -0.884. The number of carbonyl (C=O) groups excluding carboxylic acids is 1. The average Bonchev–Trinajstić information content (AvgIpc) is 2.59. The van der Waals surface area contributed by atoms with Crippen molar-refractivity contribution in [2.75, 3.05) is 12.3 Å². The van der Waals surface area contributed by atoms with Crippen molar-refractivity contribution in [1.29, 1.82) is 0 Å². The summed E-state index contributed by atoms with van der Waals surface area (Å²) in [5, 5.41) is 13.5. The van der Waals surface area contributed by atoms with Gasteiger partial charge in [-0.15, -0.1) is 11.8 Å². The number of hydrogen-bond acceptors (Lipinski definition) is 3. The molecule has 5 heteroatoms. The molecular formula is C19H20FNO2S. The Morgan fingerprint density at radius 3 is 2.62 bits per heavy atom. The molecule has 0 bridgehead atoms. The smallest absolute Gasteiger partial charge is 0.230 e. The van der Waals surface area contributed by atoms with Gasteiger partial charge in [-0.2, -0.15) is 0 Å². The summed E-state index contributed by atoms with van der Waals surface area (Å²) >= 11 is 1.35. The molecule has 0 saturated carbocycles. The van der Waals surface area contributed by atoms with Gasteiger partial charge < -0.3 is 10.4 Å². The van der Waals surface area contributed by atoms with Gasteiger partial charge in [0.1, 0.15) is 5.82 Å². The monoisotopic (exact) mass is 345 g/mol. The number of aryl methyl sites for hydroxylation is 1. The van der Waals surface area contributed by atoms with E-state index in [2.05, 4.69) is 11.4 Å². The van der Waals surface area contributed by atoms with Crippen molar-refractivity contribution in [1.82, 2.24) is 5.32 Å². The Kier molecular flexibility index (Phi) is 5.21. The van der Waals surface area contributed by atoms with Gasteiger partial charge in [-0.25, -0.2) is 4.39 Å². The van der Waals surface area contributed by atoms with Gasteiger partial charge in [-0.3, -0.25) is 4.79 Å². The molecule has 2 aromatic rings. The molecule has 24 heavy (non-hydrogen) atoms. The Morgan fingerprint density at radius 2 is 1.88 bits per heavy atom. The van der Waals surface area contributed by atoms with Crippen LogP contribution in [-0.4, -0.2) is 28.9 Å². The highest BCUT2D eigenvalue weighted by molar-refractivity contribution is 8.00. The van der Waals surface area contributed by atoms with Crippen LogP contribution in [0.5, 0.6) is 0 Å². The zero-order valence-electron chi connectivity index (χ0n) is 13.3. The molecule has 0 aromatic heterocycles. The molecule has 2 aromatic carbocycles. The van der Waals surface area contributed by atoms with Crippen LogP contribution < -0.4 is 5.32 Å². The lowest BCUT2D eigenvalue weighted by Crippen LogP contribution is -2.47. The number of fused-ring (bicyclic) bond motifs is 1. The molecule has 0 radical (unpaired) electrons. The zero-order chi connectivity index (χ0) is 17.0. The van der Waals surface area contributed by atoms with Gasteiger partial charge in [0.15, 0.2) is 0 Å². The second-order valence-electron chi connectivity index (χ2n) is 6.19. The summed E-state index contributed by atoms with van der Waals surface area (Å²) in [5.41, 5.74) is 1.55. The summed E-state index contributed by atoms with van der Waals surface area (Å²) in [7, 11) is 0. The summed E-state index contributed by atoms with van der Waals surface area (Å²) in [6.07, 6.45) is 2.04. The fraction of sp³-hybridized carbons (Fsp3) is 0.316. The molecule has 3 rings (SSSR count). The zero-order valence-corrected chi connectivity index (χ0v) is 14.1. The van der Waals surface area contributed by atoms with Gasteiger partial charge in [-0.1, -0.05) is 24.3 Å². The first-order valence-electron chi connectivity index (χ1n) is 7.98. The molecule has 1 aliphatic carbocycles. The Labute approximate surface area is 145 Å². The van der Waals surface area contributed by atoms with Crippen LogP contribution >= 0.6 is 11.8 Å². The van der Waals surface area contributed by atoms with Gasteiger partial charge in [0, 0.05) is 17.9 Å². The highest BCUT2D eigenvalue weighted by Gasteiger charge is 2.32. The van der Waals surface area contributed by atoms with E-state index in [-0.39, 0.29) is 24.0 Å². The summed E-state index contributed by atoms with van der Waals surface area (Å²) < 4.78 is 12.8. The molecule has 0 spiro atoms. The molecule has 1 aliphatic rings. The third kappa shape index (κ3) is 4.36. The van der Waals surface area contributed by atoms with E-state index in [4.69, 9.17) is 0 Å². The maximum absolute atomic E-state index is 12.8. The fourth-order valence-corrected chi connectivity index (χ4v) is 3.66. The van der Waals surface area contributed by atoms with Crippen LogP contribution in [0.2, 0.25) is 0 Å². The molecule has 0 fully saturated rings. The molecule has 126 valence electrons. The first-order valence-corrected chi connectivity index (χ1v) is 8.97. The van der Waals surface area contributed by atoms with Crippen LogP contribution in [0, 0.1) is 5.82 Å². The molecule has 1 atom stereocenters. The standard InChI is InChI=1S/C19H20FNO2S/c20-16-5-7-17(8-6-16)24-12-18(22)21-13-19(23)10-9-14-3-1-2-4-15(14)11-19/h1-8,23H,9-13H2,(H,21,22)/t19-/m0/s1. The molecule has 3 nitrogen and oxygen atoms in total. The van der Waals surface area contributed by atoms with Crippen LogP contribution in [-0.2, 0) is 17.6 Å². The predicted octanol–water partition coefficient (Wildman–Crippen LogP) is 2.95. The minimum absolute atomic E-state index is 0.128. The van der Waals surface area contributed by atoms with E-state index >= 15 is 0 Å².